The van der Waals surface area contributed by atoms with Crippen molar-refractivity contribution in [1.29, 1.82) is 0 Å². The number of nitrogens with one attached hydrogen (secondary N) is 1. The average molecular weight is 506 g/mol. The van der Waals surface area contributed by atoms with Crippen molar-refractivity contribution < 1.29 is 18.7 Å². The Labute approximate surface area is 207 Å². The molecule has 4 rings (SSSR count). The summed E-state index contributed by atoms with van der Waals surface area (Å²) in [6.07, 6.45) is 3.59. The standard InChI is InChI=1S/C19H22F2N4O3.C5H11N3/c1-8-5-24(6-9(2)23-8)17-13(20)15(22)12-16(14(17)21)25(10-3-4-10)7-11(18(12)26)19(27)28;1-5(2)3-4-7-8-6/h7-10,23H,3-6,22H2,1-2H3,(H,27,28);5H,3-4H2,1-2H3/t8-,9+;. The van der Waals surface area contributed by atoms with Gasteiger partial charge in [0.2, 0.25) is 5.43 Å². The Kier molecular flexibility index (Phi) is 8.42. The number of nitrogens with two attached hydrogens (primary N) is 1. The van der Waals surface area contributed by atoms with Gasteiger partial charge in [-0.15, -0.1) is 0 Å². The van der Waals surface area contributed by atoms with Gasteiger partial charge in [0.15, 0.2) is 11.6 Å². The van der Waals surface area contributed by atoms with E-state index < -0.39 is 39.7 Å². The van der Waals surface area contributed by atoms with Crippen LogP contribution in [-0.4, -0.2) is 47.4 Å². The van der Waals surface area contributed by atoms with Crippen molar-refractivity contribution in [2.24, 2.45) is 11.0 Å². The molecule has 2 atom stereocenters. The summed E-state index contributed by atoms with van der Waals surface area (Å²) in [4.78, 5) is 28.4. The van der Waals surface area contributed by atoms with Crippen LogP contribution in [0, 0.1) is 17.6 Å². The number of carbonyl (C=O) groups is 1. The molecule has 1 saturated carbocycles. The van der Waals surface area contributed by atoms with Crippen LogP contribution in [0.3, 0.4) is 0 Å². The number of pyridine rings is 1. The smallest absolute Gasteiger partial charge is 0.341 e. The number of rotatable bonds is 6. The van der Waals surface area contributed by atoms with Gasteiger partial charge in [0, 0.05) is 48.9 Å². The highest BCUT2D eigenvalue weighted by atomic mass is 19.1. The number of anilines is 2. The minimum atomic E-state index is -1.45. The van der Waals surface area contributed by atoms with Gasteiger partial charge in [-0.25, -0.2) is 13.6 Å². The van der Waals surface area contributed by atoms with Crippen LogP contribution in [-0.2, 0) is 0 Å². The van der Waals surface area contributed by atoms with Crippen molar-refractivity contribution in [3.8, 4) is 0 Å². The number of nitrogen functional groups attached to an aromatic ring is 1. The Hall–Kier alpha value is -3.37. The fourth-order valence-electron chi connectivity index (χ4n) is 4.49. The van der Waals surface area contributed by atoms with E-state index in [1.807, 2.05) is 13.8 Å². The molecule has 1 aliphatic carbocycles. The lowest BCUT2D eigenvalue weighted by Gasteiger charge is -2.38. The summed E-state index contributed by atoms with van der Waals surface area (Å²) in [5.74, 6) is -2.70. The molecule has 12 heteroatoms. The summed E-state index contributed by atoms with van der Waals surface area (Å²) >= 11 is 0. The molecule has 1 aliphatic heterocycles. The number of hydrogen-bond donors (Lipinski definition) is 3. The Morgan fingerprint density at radius 3 is 2.39 bits per heavy atom. The molecule has 2 heterocycles. The maximum Gasteiger partial charge on any atom is 0.341 e. The quantitative estimate of drug-likeness (QED) is 0.229. The largest absolute Gasteiger partial charge is 0.477 e. The molecule has 2 aliphatic rings. The maximum absolute atomic E-state index is 15.6. The molecule has 2 fully saturated rings. The molecule has 0 spiro atoms. The second-order valence-corrected chi connectivity index (χ2v) is 9.94. The van der Waals surface area contributed by atoms with E-state index in [9.17, 15) is 14.7 Å². The van der Waals surface area contributed by atoms with Crippen LogP contribution in [0.5, 0.6) is 0 Å². The summed E-state index contributed by atoms with van der Waals surface area (Å²) in [7, 11) is 0. The zero-order chi connectivity index (χ0) is 26.7. The second kappa shape index (κ2) is 11.1. The first-order valence-corrected chi connectivity index (χ1v) is 12.1. The fraction of sp³-hybridized carbons (Fsp3) is 0.583. The first-order chi connectivity index (χ1) is 17.0. The summed E-state index contributed by atoms with van der Waals surface area (Å²) in [5, 5.41) is 15.6. The average Bonchev–Trinajstić information content (AvgIpc) is 3.62. The van der Waals surface area contributed by atoms with Crippen molar-refractivity contribution >= 4 is 28.2 Å². The minimum absolute atomic E-state index is 0.0134. The number of nitrogens with zero attached hydrogens (tertiary/aromatic N) is 5. The number of carboxylic acid groups (broad SMARTS) is 1. The van der Waals surface area contributed by atoms with E-state index in [0.717, 1.165) is 25.5 Å². The number of fused-ring (bicyclic) bond motifs is 1. The van der Waals surface area contributed by atoms with Gasteiger partial charge >= 0.3 is 5.97 Å². The Balaban J connectivity index is 0.000000392. The summed E-state index contributed by atoms with van der Waals surface area (Å²) in [6, 6.07) is -0.103. The van der Waals surface area contributed by atoms with Gasteiger partial charge < -0.3 is 25.6 Å². The van der Waals surface area contributed by atoms with Crippen molar-refractivity contribution in [3.05, 3.63) is 44.1 Å². The van der Waals surface area contributed by atoms with E-state index >= 15 is 8.78 Å². The summed E-state index contributed by atoms with van der Waals surface area (Å²) in [6.45, 7) is 9.44. The molecule has 1 aromatic heterocycles. The van der Waals surface area contributed by atoms with Crippen LogP contribution in [0.2, 0.25) is 0 Å². The molecule has 10 nitrogen and oxygen atoms in total. The number of piperazine rings is 1. The highest BCUT2D eigenvalue weighted by Crippen LogP contribution is 2.41. The number of benzene rings is 1. The maximum atomic E-state index is 15.6. The van der Waals surface area contributed by atoms with Gasteiger partial charge in [0.05, 0.1) is 16.6 Å². The minimum Gasteiger partial charge on any atom is -0.477 e. The third kappa shape index (κ3) is 5.71. The van der Waals surface area contributed by atoms with Crippen LogP contribution in [0.25, 0.3) is 21.3 Å². The van der Waals surface area contributed by atoms with Crippen molar-refractivity contribution in [1.82, 2.24) is 9.88 Å². The molecule has 4 N–H and O–H groups in total. The number of aromatic carboxylic acids is 1. The van der Waals surface area contributed by atoms with E-state index in [1.165, 1.54) is 4.57 Å². The first-order valence-electron chi connectivity index (χ1n) is 12.1. The normalized spacial score (nSPS) is 19.6. The molecule has 0 radical (unpaired) electrons. The molecule has 0 unspecified atom stereocenters. The topological polar surface area (TPSA) is 149 Å². The lowest BCUT2D eigenvalue weighted by molar-refractivity contribution is 0.0694. The van der Waals surface area contributed by atoms with Gasteiger partial charge in [-0.2, -0.15) is 0 Å². The Morgan fingerprint density at radius 1 is 1.28 bits per heavy atom. The van der Waals surface area contributed by atoms with Gasteiger partial charge in [0.1, 0.15) is 11.3 Å². The number of aromatic nitrogens is 1. The van der Waals surface area contributed by atoms with Crippen molar-refractivity contribution in [2.45, 2.75) is 65.1 Å². The molecule has 1 saturated heterocycles. The third-order valence-corrected chi connectivity index (χ3v) is 6.28. The molecule has 0 bridgehead atoms. The summed E-state index contributed by atoms with van der Waals surface area (Å²) < 4.78 is 32.2. The zero-order valence-corrected chi connectivity index (χ0v) is 21.0. The van der Waals surface area contributed by atoms with Crippen molar-refractivity contribution in [3.63, 3.8) is 0 Å². The van der Waals surface area contributed by atoms with Crippen LogP contribution >= 0.6 is 0 Å². The molecule has 1 aromatic carbocycles. The second-order valence-electron chi connectivity index (χ2n) is 9.94. The molecular weight excluding hydrogens is 472 g/mol. The first kappa shape index (κ1) is 27.2. The molecular formula is C24H33F2N7O3. The fourth-order valence-corrected chi connectivity index (χ4v) is 4.49. The van der Waals surface area contributed by atoms with E-state index in [-0.39, 0.29) is 29.3 Å². The van der Waals surface area contributed by atoms with Crippen LogP contribution in [0.15, 0.2) is 16.1 Å². The monoisotopic (exact) mass is 505 g/mol. The third-order valence-electron chi connectivity index (χ3n) is 6.28. The van der Waals surface area contributed by atoms with Crippen LogP contribution in [0.4, 0.5) is 20.2 Å². The van der Waals surface area contributed by atoms with Gasteiger partial charge in [0.25, 0.3) is 0 Å². The van der Waals surface area contributed by atoms with Crippen molar-refractivity contribution in [2.75, 3.05) is 30.3 Å². The Bertz CT molecular complexity index is 1240. The van der Waals surface area contributed by atoms with Gasteiger partial charge in [-0.05, 0) is 44.6 Å². The van der Waals surface area contributed by atoms with Gasteiger partial charge in [-0.1, -0.05) is 19.0 Å². The predicted molar refractivity (Wildman–Crippen MR) is 136 cm³/mol. The van der Waals surface area contributed by atoms with Crippen LogP contribution < -0.4 is 21.4 Å². The number of halogens is 2. The highest BCUT2D eigenvalue weighted by Gasteiger charge is 2.34. The Morgan fingerprint density at radius 2 is 1.89 bits per heavy atom. The lowest BCUT2D eigenvalue weighted by Crippen LogP contribution is -2.54. The SMILES string of the molecule is CC(C)CCN=[N+]=[N-].C[C@@H]1CN(c2c(F)c(N)c3c(=O)c(C(=O)O)cn(C4CC4)c3c2F)C[C@H](C)N1. The van der Waals surface area contributed by atoms with E-state index in [0.29, 0.717) is 25.6 Å². The molecule has 0 amide bonds. The number of hydrogen-bond acceptors (Lipinski definition) is 6. The molecule has 196 valence electrons. The van der Waals surface area contributed by atoms with Crippen LogP contribution in [0.1, 0.15) is 63.4 Å². The zero-order valence-electron chi connectivity index (χ0n) is 21.0. The van der Waals surface area contributed by atoms with Gasteiger partial charge in [-0.3, -0.25) is 4.79 Å². The summed E-state index contributed by atoms with van der Waals surface area (Å²) in [5.41, 5.74) is 11.4. The lowest BCUT2D eigenvalue weighted by atomic mass is 10.0. The van der Waals surface area contributed by atoms with E-state index in [2.05, 4.69) is 29.2 Å². The number of azide groups is 1. The molecule has 36 heavy (non-hydrogen) atoms. The highest BCUT2D eigenvalue weighted by molar-refractivity contribution is 5.99. The molecule has 2 aromatic rings. The number of carboxylic acids is 1. The van der Waals surface area contributed by atoms with E-state index in [4.69, 9.17) is 11.3 Å². The van der Waals surface area contributed by atoms with E-state index in [1.54, 1.807) is 4.90 Å². The predicted octanol–water partition coefficient (Wildman–Crippen LogP) is 4.42.